The Balaban J connectivity index is 1.87. The molecule has 7 heteroatoms. The summed E-state index contributed by atoms with van der Waals surface area (Å²) in [5.41, 5.74) is 2.00. The van der Waals surface area contributed by atoms with Gasteiger partial charge < -0.3 is 10.1 Å². The van der Waals surface area contributed by atoms with E-state index in [4.69, 9.17) is 4.74 Å². The first kappa shape index (κ1) is 11.6. The number of aryl methyl sites for hydroxylation is 1. The van der Waals surface area contributed by atoms with Gasteiger partial charge in [0.05, 0.1) is 43.5 Å². The second-order valence-electron chi connectivity index (χ2n) is 3.69. The Morgan fingerprint density at radius 3 is 3.00 bits per heavy atom. The van der Waals surface area contributed by atoms with Crippen LogP contribution in [0, 0.1) is 0 Å². The van der Waals surface area contributed by atoms with Gasteiger partial charge >= 0.3 is 0 Å². The highest BCUT2D eigenvalue weighted by Gasteiger charge is 2.01. The average molecular weight is 236 g/mol. The van der Waals surface area contributed by atoms with E-state index in [9.17, 15) is 0 Å². The summed E-state index contributed by atoms with van der Waals surface area (Å²) in [5.74, 6) is 0. The molecule has 0 saturated carbocycles. The molecule has 0 bridgehead atoms. The van der Waals surface area contributed by atoms with Gasteiger partial charge in [0.25, 0.3) is 0 Å². The monoisotopic (exact) mass is 236 g/mol. The maximum absolute atomic E-state index is 4.99. The minimum absolute atomic E-state index is 0.659. The molecule has 17 heavy (non-hydrogen) atoms. The van der Waals surface area contributed by atoms with Crippen LogP contribution in [0.5, 0.6) is 0 Å². The van der Waals surface area contributed by atoms with E-state index in [-0.39, 0.29) is 0 Å². The van der Waals surface area contributed by atoms with Gasteiger partial charge in [-0.3, -0.25) is 9.36 Å². The van der Waals surface area contributed by atoms with Crippen molar-refractivity contribution in [3.05, 3.63) is 24.3 Å². The molecule has 92 valence electrons. The molecule has 0 aromatic carbocycles. The van der Waals surface area contributed by atoms with E-state index in [0.717, 1.165) is 17.9 Å². The number of rotatable bonds is 6. The number of anilines is 1. The van der Waals surface area contributed by atoms with Crippen molar-refractivity contribution < 1.29 is 4.74 Å². The molecule has 0 radical (unpaired) electrons. The van der Waals surface area contributed by atoms with E-state index >= 15 is 0 Å². The van der Waals surface area contributed by atoms with E-state index in [0.29, 0.717) is 13.2 Å². The molecule has 0 atom stereocenters. The smallest absolute Gasteiger partial charge is 0.0774 e. The Morgan fingerprint density at radius 2 is 2.29 bits per heavy atom. The molecule has 0 spiro atoms. The minimum Gasteiger partial charge on any atom is -0.383 e. The van der Waals surface area contributed by atoms with Crippen LogP contribution < -0.4 is 5.32 Å². The molecular weight excluding hydrogens is 220 g/mol. The van der Waals surface area contributed by atoms with E-state index in [1.54, 1.807) is 24.2 Å². The molecule has 0 aliphatic rings. The van der Waals surface area contributed by atoms with Gasteiger partial charge in [-0.05, 0) is 0 Å². The number of methoxy groups -OCH3 is 1. The normalized spacial score (nSPS) is 10.7. The third-order valence-corrected chi connectivity index (χ3v) is 2.44. The SMILES string of the molecule is COCCn1cc(NCc2cnnn2C)cn1. The van der Waals surface area contributed by atoms with Crippen LogP contribution in [0.1, 0.15) is 5.69 Å². The zero-order valence-corrected chi connectivity index (χ0v) is 10.00. The van der Waals surface area contributed by atoms with Gasteiger partial charge in [-0.1, -0.05) is 5.21 Å². The van der Waals surface area contributed by atoms with Gasteiger partial charge in [0, 0.05) is 20.4 Å². The van der Waals surface area contributed by atoms with E-state index in [1.807, 2.05) is 17.9 Å². The lowest BCUT2D eigenvalue weighted by atomic mass is 10.4. The highest BCUT2D eigenvalue weighted by molar-refractivity contribution is 5.38. The first-order chi connectivity index (χ1) is 8.29. The van der Waals surface area contributed by atoms with Crippen LogP contribution in [0.25, 0.3) is 0 Å². The van der Waals surface area contributed by atoms with Gasteiger partial charge in [-0.25, -0.2) is 0 Å². The number of aromatic nitrogens is 5. The van der Waals surface area contributed by atoms with Crippen LogP contribution in [0.3, 0.4) is 0 Å². The van der Waals surface area contributed by atoms with Crippen molar-refractivity contribution in [2.45, 2.75) is 13.1 Å². The van der Waals surface area contributed by atoms with Gasteiger partial charge in [0.2, 0.25) is 0 Å². The molecular formula is C10H16N6O. The Labute approximate surface area is 99.4 Å². The standard InChI is InChI=1S/C10H16N6O/c1-15-10(7-12-14-15)6-11-9-5-13-16(8-9)3-4-17-2/h5,7-8,11H,3-4,6H2,1-2H3. The average Bonchev–Trinajstić information content (AvgIpc) is 2.93. The van der Waals surface area contributed by atoms with Crippen LogP contribution >= 0.6 is 0 Å². The Morgan fingerprint density at radius 1 is 1.41 bits per heavy atom. The molecule has 0 amide bonds. The third-order valence-electron chi connectivity index (χ3n) is 2.44. The number of nitrogens with one attached hydrogen (secondary N) is 1. The highest BCUT2D eigenvalue weighted by Crippen LogP contribution is 2.06. The molecule has 0 aliphatic heterocycles. The number of nitrogens with zero attached hydrogens (tertiary/aromatic N) is 5. The van der Waals surface area contributed by atoms with Crippen molar-refractivity contribution in [1.82, 2.24) is 24.8 Å². The van der Waals surface area contributed by atoms with E-state index < -0.39 is 0 Å². The van der Waals surface area contributed by atoms with Crippen molar-refractivity contribution in [1.29, 1.82) is 0 Å². The molecule has 0 saturated heterocycles. The molecule has 0 fully saturated rings. The molecule has 0 unspecified atom stereocenters. The molecule has 2 aromatic heterocycles. The summed E-state index contributed by atoms with van der Waals surface area (Å²) in [6.45, 7) is 2.09. The molecule has 1 N–H and O–H groups in total. The van der Waals surface area contributed by atoms with Crippen LogP contribution in [0.15, 0.2) is 18.6 Å². The van der Waals surface area contributed by atoms with Gasteiger partial charge in [0.1, 0.15) is 0 Å². The third kappa shape index (κ3) is 3.04. The van der Waals surface area contributed by atoms with Gasteiger partial charge in [-0.2, -0.15) is 5.10 Å². The van der Waals surface area contributed by atoms with Crippen molar-refractivity contribution in [2.24, 2.45) is 7.05 Å². The fraction of sp³-hybridized carbons (Fsp3) is 0.500. The van der Waals surface area contributed by atoms with Crippen molar-refractivity contribution in [3.63, 3.8) is 0 Å². The lowest BCUT2D eigenvalue weighted by Crippen LogP contribution is -2.05. The number of ether oxygens (including phenoxy) is 1. The maximum Gasteiger partial charge on any atom is 0.0774 e. The zero-order valence-electron chi connectivity index (χ0n) is 10.00. The zero-order chi connectivity index (χ0) is 12.1. The van der Waals surface area contributed by atoms with Crippen LogP contribution in [0.2, 0.25) is 0 Å². The Bertz CT molecular complexity index is 463. The number of hydrogen-bond donors (Lipinski definition) is 1. The summed E-state index contributed by atoms with van der Waals surface area (Å²) in [6, 6.07) is 0. The lowest BCUT2D eigenvalue weighted by Gasteiger charge is -2.02. The van der Waals surface area contributed by atoms with Gasteiger partial charge in [-0.15, -0.1) is 5.10 Å². The maximum atomic E-state index is 4.99. The summed E-state index contributed by atoms with van der Waals surface area (Å²) >= 11 is 0. The predicted molar refractivity (Wildman–Crippen MR) is 62.4 cm³/mol. The summed E-state index contributed by atoms with van der Waals surface area (Å²) in [5, 5.41) is 15.2. The Kier molecular flexibility index (Phi) is 3.71. The summed E-state index contributed by atoms with van der Waals surface area (Å²) in [4.78, 5) is 0. The summed E-state index contributed by atoms with van der Waals surface area (Å²) in [6.07, 6.45) is 5.48. The fourth-order valence-electron chi connectivity index (χ4n) is 1.43. The van der Waals surface area contributed by atoms with Crippen LogP contribution in [-0.4, -0.2) is 38.5 Å². The van der Waals surface area contributed by atoms with Gasteiger partial charge in [0.15, 0.2) is 0 Å². The van der Waals surface area contributed by atoms with E-state index in [2.05, 4.69) is 20.7 Å². The van der Waals surface area contributed by atoms with Crippen molar-refractivity contribution in [2.75, 3.05) is 19.0 Å². The van der Waals surface area contributed by atoms with Crippen molar-refractivity contribution in [3.8, 4) is 0 Å². The highest BCUT2D eigenvalue weighted by atomic mass is 16.5. The first-order valence-electron chi connectivity index (χ1n) is 5.38. The summed E-state index contributed by atoms with van der Waals surface area (Å²) in [7, 11) is 3.55. The van der Waals surface area contributed by atoms with Crippen molar-refractivity contribution >= 4 is 5.69 Å². The first-order valence-corrected chi connectivity index (χ1v) is 5.38. The number of hydrogen-bond acceptors (Lipinski definition) is 5. The molecule has 0 aliphatic carbocycles. The van der Waals surface area contributed by atoms with E-state index in [1.165, 1.54) is 0 Å². The summed E-state index contributed by atoms with van der Waals surface area (Å²) < 4.78 is 8.57. The predicted octanol–water partition coefficient (Wildman–Crippen LogP) is 0.270. The van der Waals surface area contributed by atoms with Crippen LogP contribution in [0.4, 0.5) is 5.69 Å². The molecule has 2 heterocycles. The Hall–Kier alpha value is -1.89. The lowest BCUT2D eigenvalue weighted by molar-refractivity contribution is 0.183. The molecule has 2 rings (SSSR count). The minimum atomic E-state index is 0.659. The quantitative estimate of drug-likeness (QED) is 0.779. The topological polar surface area (TPSA) is 69.8 Å². The second kappa shape index (κ2) is 5.44. The molecule has 7 nitrogen and oxygen atoms in total. The van der Waals surface area contributed by atoms with Crippen LogP contribution in [-0.2, 0) is 24.9 Å². The molecule has 2 aromatic rings. The largest absolute Gasteiger partial charge is 0.383 e. The second-order valence-corrected chi connectivity index (χ2v) is 3.69. The fourth-order valence-corrected chi connectivity index (χ4v) is 1.43.